The summed E-state index contributed by atoms with van der Waals surface area (Å²) in [5, 5.41) is 20.3. The van der Waals surface area contributed by atoms with Crippen LogP contribution in [0.3, 0.4) is 0 Å². The molecular weight excluding hydrogens is 266 g/mol. The summed E-state index contributed by atoms with van der Waals surface area (Å²) in [6.45, 7) is 1.79. The molecule has 0 bridgehead atoms. The van der Waals surface area contributed by atoms with E-state index in [9.17, 15) is 9.90 Å². The molecule has 1 fully saturated rings. The zero-order valence-corrected chi connectivity index (χ0v) is 11.3. The molecule has 0 spiro atoms. The number of benzene rings is 1. The van der Waals surface area contributed by atoms with Gasteiger partial charge in [0, 0.05) is 5.56 Å². The number of rotatable bonds is 3. The molecule has 7 heteroatoms. The third-order valence-corrected chi connectivity index (χ3v) is 3.44. The zero-order chi connectivity index (χ0) is 13.8. The van der Waals surface area contributed by atoms with Gasteiger partial charge in [0.05, 0.1) is 18.6 Å². The van der Waals surface area contributed by atoms with Gasteiger partial charge in [-0.1, -0.05) is 11.8 Å². The van der Waals surface area contributed by atoms with E-state index in [0.29, 0.717) is 16.5 Å². The molecule has 1 aliphatic rings. The number of hydrogen-bond acceptors (Lipinski definition) is 6. The number of nitrogens with zero attached hydrogens (tertiary/aromatic N) is 2. The van der Waals surface area contributed by atoms with E-state index in [2.05, 4.69) is 15.5 Å². The number of amides is 1. The van der Waals surface area contributed by atoms with E-state index < -0.39 is 0 Å². The van der Waals surface area contributed by atoms with Crippen molar-refractivity contribution in [2.75, 3.05) is 7.11 Å². The van der Waals surface area contributed by atoms with Gasteiger partial charge in [-0.05, 0) is 25.1 Å². The van der Waals surface area contributed by atoms with Crippen molar-refractivity contribution in [3.8, 4) is 11.5 Å². The van der Waals surface area contributed by atoms with E-state index in [0.717, 1.165) is 0 Å². The van der Waals surface area contributed by atoms with Gasteiger partial charge in [-0.3, -0.25) is 4.79 Å². The van der Waals surface area contributed by atoms with Crippen LogP contribution >= 0.6 is 11.8 Å². The Morgan fingerprint density at radius 2 is 2.32 bits per heavy atom. The van der Waals surface area contributed by atoms with Gasteiger partial charge in [-0.15, -0.1) is 5.10 Å². The predicted molar refractivity (Wildman–Crippen MR) is 74.9 cm³/mol. The molecule has 6 nitrogen and oxygen atoms in total. The molecule has 1 unspecified atom stereocenters. The Kier molecular flexibility index (Phi) is 4.06. The van der Waals surface area contributed by atoms with Gasteiger partial charge in [-0.25, -0.2) is 0 Å². The van der Waals surface area contributed by atoms with Crippen molar-refractivity contribution in [3.05, 3.63) is 23.8 Å². The number of thioether (sulfide) groups is 1. The minimum atomic E-state index is -0.154. The maximum Gasteiger partial charge on any atom is 0.239 e. The molecule has 0 saturated carbocycles. The first-order valence-corrected chi connectivity index (χ1v) is 6.43. The summed E-state index contributed by atoms with van der Waals surface area (Å²) in [6, 6.07) is 4.80. The molecule has 2 N–H and O–H groups in total. The summed E-state index contributed by atoms with van der Waals surface area (Å²) in [4.78, 5) is 11.2. The van der Waals surface area contributed by atoms with Crippen LogP contribution in [0.5, 0.6) is 11.5 Å². The average Bonchev–Trinajstić information content (AvgIpc) is 2.71. The van der Waals surface area contributed by atoms with Crippen LogP contribution in [0.25, 0.3) is 0 Å². The van der Waals surface area contributed by atoms with Crippen molar-refractivity contribution in [3.63, 3.8) is 0 Å². The van der Waals surface area contributed by atoms with Crippen molar-refractivity contribution in [1.82, 2.24) is 5.32 Å². The Bertz CT molecular complexity index is 557. The van der Waals surface area contributed by atoms with Crippen LogP contribution in [0.4, 0.5) is 0 Å². The lowest BCUT2D eigenvalue weighted by Crippen LogP contribution is -2.23. The Hall–Kier alpha value is -2.02. The molecule has 19 heavy (non-hydrogen) atoms. The van der Waals surface area contributed by atoms with Crippen molar-refractivity contribution >= 4 is 29.1 Å². The Morgan fingerprint density at radius 1 is 1.53 bits per heavy atom. The normalized spacial score (nSPS) is 21.1. The van der Waals surface area contributed by atoms with E-state index in [1.807, 2.05) is 0 Å². The highest BCUT2D eigenvalue weighted by Gasteiger charge is 2.25. The molecule has 1 amide bonds. The van der Waals surface area contributed by atoms with Crippen molar-refractivity contribution in [2.24, 2.45) is 10.2 Å². The minimum absolute atomic E-state index is 0.0804. The Balaban J connectivity index is 2.11. The smallest absolute Gasteiger partial charge is 0.239 e. The number of carbonyl (C=O) groups is 1. The Labute approximate surface area is 114 Å². The number of amidine groups is 1. The molecule has 0 radical (unpaired) electrons. The van der Waals surface area contributed by atoms with E-state index in [4.69, 9.17) is 4.74 Å². The van der Waals surface area contributed by atoms with Gasteiger partial charge in [-0.2, -0.15) is 5.10 Å². The molecule has 0 aliphatic carbocycles. The van der Waals surface area contributed by atoms with Crippen molar-refractivity contribution < 1.29 is 14.6 Å². The van der Waals surface area contributed by atoms with Gasteiger partial charge >= 0.3 is 0 Å². The topological polar surface area (TPSA) is 83.3 Å². The lowest BCUT2D eigenvalue weighted by atomic mass is 10.2. The Morgan fingerprint density at radius 3 is 2.95 bits per heavy atom. The first kappa shape index (κ1) is 13.4. The van der Waals surface area contributed by atoms with Crippen LogP contribution in [0.15, 0.2) is 28.4 Å². The molecular formula is C12H13N3O3S. The summed E-state index contributed by atoms with van der Waals surface area (Å²) in [6.07, 6.45) is 1.40. The number of hydrogen-bond donors (Lipinski definition) is 2. The molecule has 2 rings (SSSR count). The lowest BCUT2D eigenvalue weighted by Gasteiger charge is -2.02. The fraction of sp³-hybridized carbons (Fsp3) is 0.250. The summed E-state index contributed by atoms with van der Waals surface area (Å²) >= 11 is 1.31. The second-order valence-electron chi connectivity index (χ2n) is 3.82. The van der Waals surface area contributed by atoms with Crippen LogP contribution in [-0.4, -0.2) is 34.8 Å². The molecule has 0 aromatic heterocycles. The monoisotopic (exact) mass is 279 g/mol. The van der Waals surface area contributed by atoms with Gasteiger partial charge in [0.2, 0.25) is 5.91 Å². The molecule has 1 aromatic carbocycles. The van der Waals surface area contributed by atoms with Gasteiger partial charge in [0.25, 0.3) is 0 Å². The SMILES string of the molecule is COc1ccc(O)c(C=NN=C2NC(=O)C(C)S2)c1. The van der Waals surface area contributed by atoms with Crippen molar-refractivity contribution in [2.45, 2.75) is 12.2 Å². The first-order chi connectivity index (χ1) is 9.10. The fourth-order valence-electron chi connectivity index (χ4n) is 1.41. The first-order valence-electron chi connectivity index (χ1n) is 5.55. The maximum absolute atomic E-state index is 11.2. The number of methoxy groups -OCH3 is 1. The van der Waals surface area contributed by atoms with Crippen LogP contribution in [-0.2, 0) is 4.79 Å². The third kappa shape index (κ3) is 3.25. The number of carbonyl (C=O) groups excluding carboxylic acids is 1. The largest absolute Gasteiger partial charge is 0.507 e. The number of phenols is 1. The van der Waals surface area contributed by atoms with E-state index in [1.165, 1.54) is 24.0 Å². The molecule has 100 valence electrons. The van der Waals surface area contributed by atoms with E-state index in [-0.39, 0.29) is 16.9 Å². The number of ether oxygens (including phenoxy) is 1. The van der Waals surface area contributed by atoms with E-state index >= 15 is 0 Å². The lowest BCUT2D eigenvalue weighted by molar-refractivity contribution is -0.118. The second-order valence-corrected chi connectivity index (χ2v) is 5.15. The quantitative estimate of drug-likeness (QED) is 0.646. The molecule has 1 aliphatic heterocycles. The maximum atomic E-state index is 11.2. The predicted octanol–water partition coefficient (Wildman–Crippen LogP) is 1.34. The average molecular weight is 279 g/mol. The summed E-state index contributed by atoms with van der Waals surface area (Å²) in [7, 11) is 1.54. The molecule has 1 aromatic rings. The van der Waals surface area contributed by atoms with Crippen molar-refractivity contribution in [1.29, 1.82) is 0 Å². The number of phenolic OH excluding ortho intramolecular Hbond substituents is 1. The van der Waals surface area contributed by atoms with Gasteiger partial charge < -0.3 is 15.2 Å². The van der Waals surface area contributed by atoms with Crippen LogP contribution in [0.1, 0.15) is 12.5 Å². The summed E-state index contributed by atoms with van der Waals surface area (Å²) in [5.74, 6) is 0.619. The molecule has 1 saturated heterocycles. The highest BCUT2D eigenvalue weighted by molar-refractivity contribution is 8.15. The number of nitrogens with one attached hydrogen (secondary N) is 1. The van der Waals surface area contributed by atoms with Gasteiger partial charge in [0.1, 0.15) is 11.5 Å². The van der Waals surface area contributed by atoms with Crippen LogP contribution in [0.2, 0.25) is 0 Å². The second kappa shape index (κ2) is 5.75. The molecule has 1 atom stereocenters. The van der Waals surface area contributed by atoms with E-state index in [1.54, 1.807) is 26.2 Å². The van der Waals surface area contributed by atoms with Gasteiger partial charge in [0.15, 0.2) is 5.17 Å². The molecule has 1 heterocycles. The minimum Gasteiger partial charge on any atom is -0.507 e. The standard InChI is InChI=1S/C12H13N3O3S/c1-7-11(17)14-12(19-7)15-13-6-8-5-9(18-2)3-4-10(8)16/h3-7,16H,1-2H3,(H,14,15,17). The van der Waals surface area contributed by atoms with Crippen LogP contribution < -0.4 is 10.1 Å². The summed E-state index contributed by atoms with van der Waals surface area (Å²) in [5.41, 5.74) is 0.492. The van der Waals surface area contributed by atoms with Crippen LogP contribution in [0, 0.1) is 0 Å². The highest BCUT2D eigenvalue weighted by Crippen LogP contribution is 2.21. The number of aromatic hydroxyl groups is 1. The zero-order valence-electron chi connectivity index (χ0n) is 10.5. The summed E-state index contributed by atoms with van der Waals surface area (Å²) < 4.78 is 5.05. The third-order valence-electron chi connectivity index (χ3n) is 2.47. The fourth-order valence-corrected chi connectivity index (χ4v) is 2.17. The highest BCUT2D eigenvalue weighted by atomic mass is 32.2.